The van der Waals surface area contributed by atoms with Crippen molar-refractivity contribution in [2.75, 3.05) is 33.2 Å². The standard InChI is InChI=1S/C18H22N4O3/c1-22(2)15-8-5-13(6-9-15)11-19-16(23)10-7-14-12-20-18(25-4)21-17(14)24-3/h5-10,12H,11H2,1-4H3,(H,19,23)/b10-7+. The molecule has 0 atom stereocenters. The first-order valence-corrected chi connectivity index (χ1v) is 7.70. The minimum absolute atomic E-state index is 0.208. The zero-order valence-corrected chi connectivity index (χ0v) is 14.8. The van der Waals surface area contributed by atoms with Crippen molar-refractivity contribution in [3.8, 4) is 11.9 Å². The Labute approximate surface area is 147 Å². The topological polar surface area (TPSA) is 76.6 Å². The van der Waals surface area contributed by atoms with Crippen molar-refractivity contribution < 1.29 is 14.3 Å². The highest BCUT2D eigenvalue weighted by Crippen LogP contribution is 2.18. The lowest BCUT2D eigenvalue weighted by atomic mass is 10.2. The van der Waals surface area contributed by atoms with Gasteiger partial charge < -0.3 is 19.7 Å². The van der Waals surface area contributed by atoms with Gasteiger partial charge in [0.1, 0.15) is 0 Å². The number of carbonyl (C=O) groups excluding carboxylic acids is 1. The third-order valence-electron chi connectivity index (χ3n) is 3.47. The van der Waals surface area contributed by atoms with Crippen LogP contribution in [0.3, 0.4) is 0 Å². The van der Waals surface area contributed by atoms with E-state index in [9.17, 15) is 4.79 Å². The van der Waals surface area contributed by atoms with Gasteiger partial charge in [0.2, 0.25) is 11.8 Å². The van der Waals surface area contributed by atoms with Gasteiger partial charge in [0.15, 0.2) is 0 Å². The molecule has 25 heavy (non-hydrogen) atoms. The molecule has 0 saturated heterocycles. The van der Waals surface area contributed by atoms with Gasteiger partial charge in [-0.15, -0.1) is 0 Å². The van der Waals surface area contributed by atoms with Crippen LogP contribution in [0.25, 0.3) is 6.08 Å². The predicted molar refractivity (Wildman–Crippen MR) is 96.8 cm³/mol. The summed E-state index contributed by atoms with van der Waals surface area (Å²) in [7, 11) is 6.94. The maximum atomic E-state index is 12.0. The third kappa shape index (κ3) is 5.20. The number of hydrogen-bond acceptors (Lipinski definition) is 6. The number of hydrogen-bond donors (Lipinski definition) is 1. The summed E-state index contributed by atoms with van der Waals surface area (Å²) in [6.07, 6.45) is 4.55. The first-order valence-electron chi connectivity index (χ1n) is 7.70. The van der Waals surface area contributed by atoms with Crippen LogP contribution >= 0.6 is 0 Å². The molecule has 0 radical (unpaired) electrons. The van der Waals surface area contributed by atoms with Gasteiger partial charge in [-0.05, 0) is 23.8 Å². The number of nitrogens with one attached hydrogen (secondary N) is 1. The number of rotatable bonds is 7. The second-order valence-corrected chi connectivity index (χ2v) is 5.43. The van der Waals surface area contributed by atoms with Crippen LogP contribution in [0.15, 0.2) is 36.5 Å². The lowest BCUT2D eigenvalue weighted by molar-refractivity contribution is -0.116. The van der Waals surface area contributed by atoms with E-state index < -0.39 is 0 Å². The fourth-order valence-electron chi connectivity index (χ4n) is 2.06. The molecule has 1 N–H and O–H groups in total. The van der Waals surface area contributed by atoms with Gasteiger partial charge in [-0.1, -0.05) is 12.1 Å². The Morgan fingerprint density at radius 1 is 1.20 bits per heavy atom. The van der Waals surface area contributed by atoms with Crippen molar-refractivity contribution in [3.05, 3.63) is 47.7 Å². The van der Waals surface area contributed by atoms with Crippen molar-refractivity contribution in [1.29, 1.82) is 0 Å². The van der Waals surface area contributed by atoms with Gasteiger partial charge in [-0.3, -0.25) is 4.79 Å². The number of ether oxygens (including phenoxy) is 2. The number of anilines is 1. The third-order valence-corrected chi connectivity index (χ3v) is 3.47. The molecule has 0 aliphatic carbocycles. The second-order valence-electron chi connectivity index (χ2n) is 5.43. The summed E-state index contributed by atoms with van der Waals surface area (Å²) in [5.41, 5.74) is 2.73. The van der Waals surface area contributed by atoms with E-state index in [-0.39, 0.29) is 11.9 Å². The Morgan fingerprint density at radius 3 is 2.52 bits per heavy atom. The Hall–Kier alpha value is -3.09. The number of amides is 1. The fraction of sp³-hybridized carbons (Fsp3) is 0.278. The average Bonchev–Trinajstić information content (AvgIpc) is 2.64. The van der Waals surface area contributed by atoms with E-state index in [0.29, 0.717) is 18.0 Å². The number of methoxy groups -OCH3 is 2. The van der Waals surface area contributed by atoms with Gasteiger partial charge in [-0.25, -0.2) is 4.98 Å². The van der Waals surface area contributed by atoms with Crippen LogP contribution in [-0.2, 0) is 11.3 Å². The Balaban J connectivity index is 1.94. The minimum atomic E-state index is -0.213. The number of carbonyl (C=O) groups is 1. The van der Waals surface area contributed by atoms with Crippen LogP contribution < -0.4 is 19.7 Å². The van der Waals surface area contributed by atoms with Crippen molar-refractivity contribution >= 4 is 17.7 Å². The SMILES string of the molecule is COc1ncc(/C=C/C(=O)NCc2ccc(N(C)C)cc2)c(OC)n1. The highest BCUT2D eigenvalue weighted by Gasteiger charge is 2.06. The van der Waals surface area contributed by atoms with Gasteiger partial charge in [0, 0.05) is 38.6 Å². The number of benzene rings is 1. The number of aromatic nitrogens is 2. The molecule has 0 spiro atoms. The van der Waals surface area contributed by atoms with Crippen LogP contribution in [-0.4, -0.2) is 44.2 Å². The Kier molecular flexibility index (Phi) is 6.33. The van der Waals surface area contributed by atoms with Gasteiger partial charge >= 0.3 is 6.01 Å². The predicted octanol–water partition coefficient (Wildman–Crippen LogP) is 1.89. The average molecular weight is 342 g/mol. The quantitative estimate of drug-likeness (QED) is 0.775. The number of nitrogens with zero attached hydrogens (tertiary/aromatic N) is 3. The Bertz CT molecular complexity index is 742. The molecule has 1 aromatic heterocycles. The summed E-state index contributed by atoms with van der Waals surface area (Å²) in [5.74, 6) is 0.129. The largest absolute Gasteiger partial charge is 0.480 e. The van der Waals surface area contributed by atoms with Gasteiger partial charge in [-0.2, -0.15) is 4.98 Å². The summed E-state index contributed by atoms with van der Waals surface area (Å²) in [4.78, 5) is 22.1. The van der Waals surface area contributed by atoms with Crippen molar-refractivity contribution in [2.45, 2.75) is 6.54 Å². The molecule has 1 aromatic carbocycles. The molecular formula is C18H22N4O3. The molecule has 0 unspecified atom stereocenters. The monoisotopic (exact) mass is 342 g/mol. The molecule has 1 heterocycles. The highest BCUT2D eigenvalue weighted by atomic mass is 16.5. The molecule has 0 aliphatic rings. The summed E-state index contributed by atoms with van der Waals surface area (Å²) < 4.78 is 10.1. The van der Waals surface area contributed by atoms with Crippen LogP contribution in [0, 0.1) is 0 Å². The van der Waals surface area contributed by atoms with E-state index in [0.717, 1.165) is 11.3 Å². The maximum absolute atomic E-state index is 12.0. The molecule has 1 amide bonds. The molecule has 0 saturated carbocycles. The summed E-state index contributed by atoms with van der Waals surface area (Å²) in [6.45, 7) is 0.452. The van der Waals surface area contributed by atoms with E-state index >= 15 is 0 Å². The van der Waals surface area contributed by atoms with Crippen molar-refractivity contribution in [2.24, 2.45) is 0 Å². The minimum Gasteiger partial charge on any atom is -0.480 e. The molecule has 0 aliphatic heterocycles. The van der Waals surface area contributed by atoms with Crippen LogP contribution in [0.1, 0.15) is 11.1 Å². The molecule has 0 fully saturated rings. The first kappa shape index (κ1) is 18.3. The molecular weight excluding hydrogens is 320 g/mol. The van der Waals surface area contributed by atoms with Crippen LogP contribution in [0.4, 0.5) is 5.69 Å². The zero-order chi connectivity index (χ0) is 18.2. The van der Waals surface area contributed by atoms with Gasteiger partial charge in [0.05, 0.1) is 19.8 Å². The smallest absolute Gasteiger partial charge is 0.319 e. The fourth-order valence-corrected chi connectivity index (χ4v) is 2.06. The molecule has 7 heteroatoms. The van der Waals surface area contributed by atoms with Gasteiger partial charge in [0.25, 0.3) is 0 Å². The van der Waals surface area contributed by atoms with E-state index in [2.05, 4.69) is 15.3 Å². The summed E-state index contributed by atoms with van der Waals surface area (Å²) in [5, 5.41) is 2.83. The van der Waals surface area contributed by atoms with E-state index in [1.54, 1.807) is 6.08 Å². The molecule has 0 bridgehead atoms. The lowest BCUT2D eigenvalue weighted by Crippen LogP contribution is -2.20. The summed E-state index contributed by atoms with van der Waals surface area (Å²) >= 11 is 0. The molecule has 2 rings (SSSR count). The lowest BCUT2D eigenvalue weighted by Gasteiger charge is -2.12. The zero-order valence-electron chi connectivity index (χ0n) is 14.8. The second kappa shape index (κ2) is 8.68. The maximum Gasteiger partial charge on any atom is 0.319 e. The van der Waals surface area contributed by atoms with Crippen molar-refractivity contribution in [3.63, 3.8) is 0 Å². The van der Waals surface area contributed by atoms with E-state index in [1.165, 1.54) is 26.5 Å². The molecule has 2 aromatic rings. The van der Waals surface area contributed by atoms with Crippen molar-refractivity contribution in [1.82, 2.24) is 15.3 Å². The summed E-state index contributed by atoms with van der Waals surface area (Å²) in [6, 6.07) is 8.20. The normalized spacial score (nSPS) is 10.6. The van der Waals surface area contributed by atoms with E-state index in [1.807, 2.05) is 43.3 Å². The highest BCUT2D eigenvalue weighted by molar-refractivity contribution is 5.91. The Morgan fingerprint density at radius 2 is 1.92 bits per heavy atom. The van der Waals surface area contributed by atoms with E-state index in [4.69, 9.17) is 9.47 Å². The van der Waals surface area contributed by atoms with Crippen LogP contribution in [0.5, 0.6) is 11.9 Å². The van der Waals surface area contributed by atoms with Crippen LogP contribution in [0.2, 0.25) is 0 Å². The molecule has 132 valence electrons. The first-order chi connectivity index (χ1) is 12.0. The molecule has 7 nitrogen and oxygen atoms in total.